The lowest BCUT2D eigenvalue weighted by atomic mass is 10.1. The van der Waals surface area contributed by atoms with E-state index in [1.165, 1.54) is 18.2 Å². The molecule has 1 saturated heterocycles. The van der Waals surface area contributed by atoms with Crippen LogP contribution in [-0.2, 0) is 0 Å². The second kappa shape index (κ2) is 6.83. The van der Waals surface area contributed by atoms with Crippen molar-refractivity contribution >= 4 is 5.96 Å². The number of guanidine groups is 1. The normalized spacial score (nSPS) is 25.6. The van der Waals surface area contributed by atoms with Crippen LogP contribution in [0.3, 0.4) is 0 Å². The Kier molecular flexibility index (Phi) is 4.80. The molecule has 1 saturated carbocycles. The predicted molar refractivity (Wildman–Crippen MR) is 85.4 cm³/mol. The van der Waals surface area contributed by atoms with Crippen LogP contribution in [-0.4, -0.2) is 47.7 Å². The minimum Gasteiger partial charge on any atom is -0.393 e. The van der Waals surface area contributed by atoms with Crippen molar-refractivity contribution in [2.75, 3.05) is 19.6 Å². The molecule has 6 heteroatoms. The van der Waals surface area contributed by atoms with Crippen LogP contribution < -0.4 is 5.32 Å². The third-order valence-corrected chi connectivity index (χ3v) is 4.55. The number of piperidine rings is 1. The van der Waals surface area contributed by atoms with Gasteiger partial charge in [-0.05, 0) is 38.3 Å². The van der Waals surface area contributed by atoms with Gasteiger partial charge in [0.1, 0.15) is 11.6 Å². The number of aliphatic hydroxyl groups is 1. The molecule has 2 fully saturated rings. The largest absolute Gasteiger partial charge is 0.393 e. The van der Waals surface area contributed by atoms with Crippen molar-refractivity contribution in [2.45, 2.75) is 44.2 Å². The van der Waals surface area contributed by atoms with E-state index in [1.807, 2.05) is 6.92 Å². The summed E-state index contributed by atoms with van der Waals surface area (Å²) in [4.78, 5) is 6.60. The van der Waals surface area contributed by atoms with Crippen LogP contribution in [0, 0.1) is 11.6 Å². The molecule has 0 spiro atoms. The molecular formula is C17H23F2N3O. The Labute approximate surface area is 135 Å². The van der Waals surface area contributed by atoms with E-state index in [4.69, 9.17) is 0 Å². The van der Waals surface area contributed by atoms with Gasteiger partial charge in [-0.25, -0.2) is 8.78 Å². The van der Waals surface area contributed by atoms with E-state index in [2.05, 4.69) is 15.2 Å². The van der Waals surface area contributed by atoms with Crippen LogP contribution in [0.5, 0.6) is 0 Å². The molecule has 126 valence electrons. The van der Waals surface area contributed by atoms with Gasteiger partial charge in [-0.3, -0.25) is 4.99 Å². The first kappa shape index (κ1) is 16.2. The SMILES string of the molecule is CCN=C(NC1CC1c1c(F)cccc1F)N1CCC(O)CC1. The summed E-state index contributed by atoms with van der Waals surface area (Å²) in [5, 5.41) is 13.0. The van der Waals surface area contributed by atoms with Crippen LogP contribution in [0.2, 0.25) is 0 Å². The Morgan fingerprint density at radius 2 is 1.96 bits per heavy atom. The summed E-state index contributed by atoms with van der Waals surface area (Å²) in [5.74, 6) is -0.318. The zero-order chi connectivity index (χ0) is 16.4. The van der Waals surface area contributed by atoms with Gasteiger partial charge in [0, 0.05) is 37.2 Å². The molecular weight excluding hydrogens is 300 g/mol. The van der Waals surface area contributed by atoms with Crippen LogP contribution in [0.1, 0.15) is 37.7 Å². The molecule has 0 amide bonds. The second-order valence-electron chi connectivity index (χ2n) is 6.24. The van der Waals surface area contributed by atoms with Crippen molar-refractivity contribution in [3.63, 3.8) is 0 Å². The number of hydrogen-bond donors (Lipinski definition) is 2. The lowest BCUT2D eigenvalue weighted by molar-refractivity contribution is 0.108. The number of aliphatic hydroxyl groups excluding tert-OH is 1. The average Bonchev–Trinajstić information content (AvgIpc) is 3.26. The molecule has 2 unspecified atom stereocenters. The molecule has 1 aliphatic heterocycles. The molecule has 1 aromatic carbocycles. The van der Waals surface area contributed by atoms with E-state index in [-0.39, 0.29) is 23.6 Å². The number of nitrogens with one attached hydrogen (secondary N) is 1. The first-order valence-corrected chi connectivity index (χ1v) is 8.28. The fourth-order valence-electron chi connectivity index (χ4n) is 3.17. The number of hydrogen-bond acceptors (Lipinski definition) is 2. The lowest BCUT2D eigenvalue weighted by Gasteiger charge is -2.32. The highest BCUT2D eigenvalue weighted by Gasteiger charge is 2.43. The predicted octanol–water partition coefficient (Wildman–Crippen LogP) is 2.24. The van der Waals surface area contributed by atoms with Crippen molar-refractivity contribution in [3.05, 3.63) is 35.4 Å². The van der Waals surface area contributed by atoms with Crippen LogP contribution in [0.4, 0.5) is 8.78 Å². The van der Waals surface area contributed by atoms with Gasteiger partial charge in [-0.1, -0.05) is 6.07 Å². The Morgan fingerprint density at radius 1 is 1.30 bits per heavy atom. The summed E-state index contributed by atoms with van der Waals surface area (Å²) in [6.07, 6.45) is 1.91. The van der Waals surface area contributed by atoms with Gasteiger partial charge in [0.05, 0.1) is 6.10 Å². The zero-order valence-electron chi connectivity index (χ0n) is 13.3. The topological polar surface area (TPSA) is 47.9 Å². The van der Waals surface area contributed by atoms with Crippen LogP contribution in [0.25, 0.3) is 0 Å². The minimum absolute atomic E-state index is 0.0125. The summed E-state index contributed by atoms with van der Waals surface area (Å²) in [5.41, 5.74) is 0.176. The smallest absolute Gasteiger partial charge is 0.194 e. The van der Waals surface area contributed by atoms with Crippen molar-refractivity contribution in [2.24, 2.45) is 4.99 Å². The van der Waals surface area contributed by atoms with Crippen LogP contribution >= 0.6 is 0 Å². The molecule has 1 aliphatic carbocycles. The maximum absolute atomic E-state index is 13.9. The Hall–Kier alpha value is -1.69. The summed E-state index contributed by atoms with van der Waals surface area (Å²) < 4.78 is 27.7. The number of halogens is 2. The first-order valence-electron chi connectivity index (χ1n) is 8.28. The van der Waals surface area contributed by atoms with Gasteiger partial charge >= 0.3 is 0 Å². The van der Waals surface area contributed by atoms with E-state index in [0.717, 1.165) is 31.9 Å². The van der Waals surface area contributed by atoms with Gasteiger partial charge in [0.2, 0.25) is 0 Å². The molecule has 0 radical (unpaired) electrons. The first-order chi connectivity index (χ1) is 11.1. The highest BCUT2D eigenvalue weighted by molar-refractivity contribution is 5.81. The third kappa shape index (κ3) is 3.63. The van der Waals surface area contributed by atoms with Crippen molar-refractivity contribution in [1.29, 1.82) is 0 Å². The maximum atomic E-state index is 13.9. The molecule has 4 nitrogen and oxygen atoms in total. The number of likely N-dealkylation sites (tertiary alicyclic amines) is 1. The highest BCUT2D eigenvalue weighted by Crippen LogP contribution is 2.43. The van der Waals surface area contributed by atoms with E-state index in [0.29, 0.717) is 13.0 Å². The Morgan fingerprint density at radius 3 is 2.57 bits per heavy atom. The lowest BCUT2D eigenvalue weighted by Crippen LogP contribution is -2.47. The molecule has 1 heterocycles. The van der Waals surface area contributed by atoms with Gasteiger partial charge in [0.15, 0.2) is 5.96 Å². The molecule has 0 aromatic heterocycles. The monoisotopic (exact) mass is 323 g/mol. The minimum atomic E-state index is -0.477. The molecule has 2 aliphatic rings. The number of benzene rings is 1. The quantitative estimate of drug-likeness (QED) is 0.662. The summed E-state index contributed by atoms with van der Waals surface area (Å²) >= 11 is 0. The molecule has 2 N–H and O–H groups in total. The van der Waals surface area contributed by atoms with E-state index >= 15 is 0 Å². The highest BCUT2D eigenvalue weighted by atomic mass is 19.1. The van der Waals surface area contributed by atoms with Gasteiger partial charge in [-0.2, -0.15) is 0 Å². The summed E-state index contributed by atoms with van der Waals surface area (Å²) in [6, 6.07) is 4.02. The molecule has 2 atom stereocenters. The molecule has 23 heavy (non-hydrogen) atoms. The zero-order valence-corrected chi connectivity index (χ0v) is 13.3. The summed E-state index contributed by atoms with van der Waals surface area (Å²) in [7, 11) is 0. The molecule has 3 rings (SSSR count). The molecule has 0 bridgehead atoms. The van der Waals surface area contributed by atoms with Gasteiger partial charge in [0.25, 0.3) is 0 Å². The van der Waals surface area contributed by atoms with Gasteiger partial charge < -0.3 is 15.3 Å². The van der Waals surface area contributed by atoms with Crippen molar-refractivity contribution in [3.8, 4) is 0 Å². The van der Waals surface area contributed by atoms with Crippen molar-refractivity contribution < 1.29 is 13.9 Å². The standard InChI is InChI=1S/C17H23F2N3O/c1-2-20-17(22-8-6-11(23)7-9-22)21-15-10-12(15)16-13(18)4-3-5-14(16)19/h3-5,11-12,15,23H,2,6-10H2,1H3,(H,20,21). The van der Waals surface area contributed by atoms with Gasteiger partial charge in [-0.15, -0.1) is 0 Å². The Bertz CT molecular complexity index is 565. The maximum Gasteiger partial charge on any atom is 0.194 e. The van der Waals surface area contributed by atoms with Crippen LogP contribution in [0.15, 0.2) is 23.2 Å². The van der Waals surface area contributed by atoms with Crippen molar-refractivity contribution in [1.82, 2.24) is 10.2 Å². The molecule has 1 aromatic rings. The second-order valence-corrected chi connectivity index (χ2v) is 6.24. The fraction of sp³-hybridized carbons (Fsp3) is 0.588. The third-order valence-electron chi connectivity index (χ3n) is 4.55. The summed E-state index contributed by atoms with van der Waals surface area (Å²) in [6.45, 7) is 4.10. The number of aliphatic imine (C=N–C) groups is 1. The number of rotatable bonds is 3. The van der Waals surface area contributed by atoms with E-state index in [1.54, 1.807) is 0 Å². The Balaban J connectivity index is 1.65. The van der Waals surface area contributed by atoms with E-state index < -0.39 is 11.6 Å². The van der Waals surface area contributed by atoms with E-state index in [9.17, 15) is 13.9 Å². The average molecular weight is 323 g/mol. The fourth-order valence-corrected chi connectivity index (χ4v) is 3.17. The number of nitrogens with zero attached hydrogens (tertiary/aromatic N) is 2.